The number of furan rings is 1. The van der Waals surface area contributed by atoms with Gasteiger partial charge in [-0.3, -0.25) is 4.79 Å². The zero-order valence-electron chi connectivity index (χ0n) is 14.7. The highest BCUT2D eigenvalue weighted by molar-refractivity contribution is 5.25. The summed E-state index contributed by atoms with van der Waals surface area (Å²) >= 11 is 0. The van der Waals surface area contributed by atoms with Crippen molar-refractivity contribution in [2.75, 3.05) is 19.6 Å². The molecule has 1 aliphatic heterocycles. The van der Waals surface area contributed by atoms with Gasteiger partial charge in [0.1, 0.15) is 0 Å². The molecule has 1 aliphatic carbocycles. The number of hydrogen-bond acceptors (Lipinski definition) is 4. The highest BCUT2D eigenvalue weighted by Gasteiger charge is 2.22. The molecular weight excluding hydrogens is 314 g/mol. The van der Waals surface area contributed by atoms with Crippen molar-refractivity contribution in [2.45, 2.75) is 51.2 Å². The van der Waals surface area contributed by atoms with Gasteiger partial charge >= 0.3 is 0 Å². The molecule has 5 heteroatoms. The number of hydrogen-bond donors (Lipinski definition) is 1. The van der Waals surface area contributed by atoms with Gasteiger partial charge in [0.2, 0.25) is 0 Å². The number of aromatic nitrogens is 1. The van der Waals surface area contributed by atoms with Crippen LogP contribution in [0.15, 0.2) is 39.9 Å². The molecule has 1 atom stereocenters. The molecule has 0 spiro atoms. The number of nitrogens with zero attached hydrogens (tertiary/aromatic N) is 2. The highest BCUT2D eigenvalue weighted by Crippen LogP contribution is 2.21. The summed E-state index contributed by atoms with van der Waals surface area (Å²) in [7, 11) is 0. The Balaban J connectivity index is 1.41. The Hall–Kier alpha value is -1.85. The van der Waals surface area contributed by atoms with Gasteiger partial charge in [-0.25, -0.2) is 0 Å². The summed E-state index contributed by atoms with van der Waals surface area (Å²) in [4.78, 5) is 14.9. The molecule has 0 aromatic carbocycles. The molecule has 25 heavy (non-hydrogen) atoms. The normalized spacial score (nSPS) is 20.7. The number of pyridine rings is 1. The van der Waals surface area contributed by atoms with Gasteiger partial charge < -0.3 is 19.2 Å². The van der Waals surface area contributed by atoms with E-state index in [0.717, 1.165) is 38.9 Å². The first-order valence-corrected chi connectivity index (χ1v) is 9.48. The van der Waals surface area contributed by atoms with Crippen LogP contribution in [-0.4, -0.2) is 35.1 Å². The standard InChI is InChI=1S/C20H27N3O2/c24-20-6-3-17-13-18(21-14-16-7-12-25-15-16)4-5-19(17)23(20)11-10-22-8-1-2-9-22/h3,6-7,12,15,18,21H,1-2,4-5,8-11,13-14H2/t18-/m1/s1. The Kier molecular flexibility index (Phi) is 5.04. The van der Waals surface area contributed by atoms with Crippen LogP contribution in [-0.2, 0) is 25.9 Å². The van der Waals surface area contributed by atoms with E-state index in [1.165, 1.54) is 42.8 Å². The van der Waals surface area contributed by atoms with Crippen LogP contribution in [0.25, 0.3) is 0 Å². The first-order chi connectivity index (χ1) is 12.3. The first kappa shape index (κ1) is 16.6. The first-order valence-electron chi connectivity index (χ1n) is 9.48. The van der Waals surface area contributed by atoms with Crippen LogP contribution in [0.4, 0.5) is 0 Å². The SMILES string of the molecule is O=c1ccc2c(n1CCN1CCCC1)CC[C@@H](NCc1ccoc1)C2. The van der Waals surface area contributed by atoms with Crippen molar-refractivity contribution < 1.29 is 4.42 Å². The largest absolute Gasteiger partial charge is 0.472 e. The minimum atomic E-state index is 0.155. The topological polar surface area (TPSA) is 50.4 Å². The fraction of sp³-hybridized carbons (Fsp3) is 0.550. The molecule has 0 bridgehead atoms. The van der Waals surface area contributed by atoms with E-state index in [2.05, 4.69) is 10.2 Å². The zero-order valence-corrected chi connectivity index (χ0v) is 14.7. The average molecular weight is 341 g/mol. The quantitative estimate of drug-likeness (QED) is 0.875. The van der Waals surface area contributed by atoms with Gasteiger partial charge in [0.15, 0.2) is 0 Å². The van der Waals surface area contributed by atoms with Crippen LogP contribution < -0.4 is 10.9 Å². The summed E-state index contributed by atoms with van der Waals surface area (Å²) in [6.07, 6.45) is 9.16. The second-order valence-corrected chi connectivity index (χ2v) is 7.30. The Bertz CT molecular complexity index is 745. The lowest BCUT2D eigenvalue weighted by Crippen LogP contribution is -2.38. The minimum Gasteiger partial charge on any atom is -0.472 e. The van der Waals surface area contributed by atoms with Gasteiger partial charge in [-0.2, -0.15) is 0 Å². The molecule has 1 fully saturated rings. The molecule has 0 saturated carbocycles. The molecule has 0 unspecified atom stereocenters. The lowest BCUT2D eigenvalue weighted by atomic mass is 9.91. The molecule has 2 aromatic heterocycles. The molecule has 1 N–H and O–H groups in total. The molecule has 2 aliphatic rings. The maximum atomic E-state index is 12.4. The van der Waals surface area contributed by atoms with Gasteiger partial charge in [-0.05, 0) is 56.8 Å². The van der Waals surface area contributed by atoms with Crippen molar-refractivity contribution in [3.63, 3.8) is 0 Å². The van der Waals surface area contributed by atoms with Crippen molar-refractivity contribution in [3.8, 4) is 0 Å². The lowest BCUT2D eigenvalue weighted by molar-refractivity contribution is 0.316. The molecule has 0 radical (unpaired) electrons. The van der Waals surface area contributed by atoms with Gasteiger partial charge in [0.05, 0.1) is 12.5 Å². The Morgan fingerprint density at radius 2 is 2.04 bits per heavy atom. The van der Waals surface area contributed by atoms with E-state index in [9.17, 15) is 4.79 Å². The van der Waals surface area contributed by atoms with Crippen LogP contribution in [0, 0.1) is 0 Å². The predicted molar refractivity (Wildman–Crippen MR) is 97.7 cm³/mol. The van der Waals surface area contributed by atoms with Crippen LogP contribution in [0.1, 0.15) is 36.1 Å². The summed E-state index contributed by atoms with van der Waals surface area (Å²) in [6, 6.07) is 6.25. The van der Waals surface area contributed by atoms with Crippen molar-refractivity contribution in [1.82, 2.24) is 14.8 Å². The second-order valence-electron chi connectivity index (χ2n) is 7.30. The second kappa shape index (κ2) is 7.58. The summed E-state index contributed by atoms with van der Waals surface area (Å²) in [5.41, 5.74) is 3.93. The van der Waals surface area contributed by atoms with Crippen LogP contribution in [0.2, 0.25) is 0 Å². The third-order valence-electron chi connectivity index (χ3n) is 5.60. The maximum absolute atomic E-state index is 12.4. The van der Waals surface area contributed by atoms with Crippen molar-refractivity contribution in [1.29, 1.82) is 0 Å². The molecule has 1 saturated heterocycles. The number of fused-ring (bicyclic) bond motifs is 1. The summed E-state index contributed by atoms with van der Waals surface area (Å²) in [5.74, 6) is 0. The monoisotopic (exact) mass is 341 g/mol. The molecule has 3 heterocycles. The number of rotatable bonds is 6. The van der Waals surface area contributed by atoms with E-state index in [-0.39, 0.29) is 5.56 Å². The third kappa shape index (κ3) is 3.88. The van der Waals surface area contributed by atoms with Gasteiger partial charge in [0, 0.05) is 43.0 Å². The van der Waals surface area contributed by atoms with Crippen molar-refractivity contribution >= 4 is 0 Å². The third-order valence-corrected chi connectivity index (χ3v) is 5.60. The maximum Gasteiger partial charge on any atom is 0.250 e. The summed E-state index contributed by atoms with van der Waals surface area (Å²) < 4.78 is 7.15. The van der Waals surface area contributed by atoms with Crippen molar-refractivity contribution in [2.24, 2.45) is 0 Å². The Morgan fingerprint density at radius 3 is 2.84 bits per heavy atom. The number of nitrogens with one attached hydrogen (secondary N) is 1. The molecule has 0 amide bonds. The van der Waals surface area contributed by atoms with E-state index < -0.39 is 0 Å². The van der Waals surface area contributed by atoms with E-state index in [1.807, 2.05) is 16.7 Å². The lowest BCUT2D eigenvalue weighted by Gasteiger charge is -2.28. The fourth-order valence-corrected chi connectivity index (χ4v) is 4.15. The van der Waals surface area contributed by atoms with Crippen LogP contribution >= 0.6 is 0 Å². The van der Waals surface area contributed by atoms with E-state index in [1.54, 1.807) is 18.6 Å². The molecule has 2 aromatic rings. The number of likely N-dealkylation sites (tertiary alicyclic amines) is 1. The average Bonchev–Trinajstić information content (AvgIpc) is 3.33. The van der Waals surface area contributed by atoms with E-state index >= 15 is 0 Å². The van der Waals surface area contributed by atoms with E-state index in [4.69, 9.17) is 4.42 Å². The zero-order chi connectivity index (χ0) is 17.1. The fourth-order valence-electron chi connectivity index (χ4n) is 4.15. The van der Waals surface area contributed by atoms with Gasteiger partial charge in [0.25, 0.3) is 5.56 Å². The smallest absolute Gasteiger partial charge is 0.250 e. The summed E-state index contributed by atoms with van der Waals surface area (Å²) in [5, 5.41) is 3.62. The van der Waals surface area contributed by atoms with Crippen LogP contribution in [0.3, 0.4) is 0 Å². The molecule has 4 rings (SSSR count). The molecule has 134 valence electrons. The Labute approximate surface area is 148 Å². The van der Waals surface area contributed by atoms with Crippen LogP contribution in [0.5, 0.6) is 0 Å². The van der Waals surface area contributed by atoms with Gasteiger partial charge in [-0.15, -0.1) is 0 Å². The predicted octanol–water partition coefficient (Wildman–Crippen LogP) is 2.18. The summed E-state index contributed by atoms with van der Waals surface area (Å²) in [6.45, 7) is 5.03. The molecular formula is C20H27N3O2. The van der Waals surface area contributed by atoms with E-state index in [0.29, 0.717) is 6.04 Å². The minimum absolute atomic E-state index is 0.155. The highest BCUT2D eigenvalue weighted by atomic mass is 16.3. The Morgan fingerprint density at radius 1 is 1.16 bits per heavy atom. The van der Waals surface area contributed by atoms with Gasteiger partial charge in [-0.1, -0.05) is 6.07 Å². The van der Waals surface area contributed by atoms with Crippen molar-refractivity contribution in [3.05, 3.63) is 57.9 Å². The molecule has 5 nitrogen and oxygen atoms in total.